The highest BCUT2D eigenvalue weighted by molar-refractivity contribution is 5.76. The van der Waals surface area contributed by atoms with E-state index in [-0.39, 0.29) is 11.8 Å². The van der Waals surface area contributed by atoms with Crippen molar-refractivity contribution in [3.63, 3.8) is 0 Å². The molecule has 0 unspecified atom stereocenters. The van der Waals surface area contributed by atoms with E-state index in [2.05, 4.69) is 36.1 Å². The van der Waals surface area contributed by atoms with Gasteiger partial charge in [-0.25, -0.2) is 0 Å². The molecule has 2 atom stereocenters. The Kier molecular flexibility index (Phi) is 4.37. The van der Waals surface area contributed by atoms with Crippen LogP contribution in [-0.4, -0.2) is 30.4 Å². The molecule has 1 heterocycles. The molecule has 1 aromatic rings. The lowest BCUT2D eigenvalue weighted by Gasteiger charge is -2.33. The highest BCUT2D eigenvalue weighted by Crippen LogP contribution is 2.21. The Morgan fingerprint density at radius 2 is 2.17 bits per heavy atom. The fourth-order valence-corrected chi connectivity index (χ4v) is 2.73. The van der Waals surface area contributed by atoms with Crippen LogP contribution in [-0.2, 0) is 4.79 Å². The van der Waals surface area contributed by atoms with E-state index in [1.807, 2.05) is 6.07 Å². The first-order valence-electron chi connectivity index (χ1n) is 6.73. The lowest BCUT2D eigenvalue weighted by molar-refractivity contribution is -0.123. The third kappa shape index (κ3) is 3.33. The van der Waals surface area contributed by atoms with Gasteiger partial charge in [0.1, 0.15) is 0 Å². The summed E-state index contributed by atoms with van der Waals surface area (Å²) in [6, 6.07) is 10.5. The number of nitrogens with two attached hydrogens (primary N) is 1. The van der Waals surface area contributed by atoms with Gasteiger partial charge >= 0.3 is 0 Å². The molecule has 2 rings (SSSR count). The third-order valence-electron chi connectivity index (χ3n) is 3.81. The van der Waals surface area contributed by atoms with Gasteiger partial charge in [0.2, 0.25) is 5.91 Å². The highest BCUT2D eigenvalue weighted by atomic mass is 16.1. The molecule has 0 radical (unpaired) electrons. The maximum absolute atomic E-state index is 11.3. The van der Waals surface area contributed by atoms with Gasteiger partial charge in [-0.15, -0.1) is 0 Å². The smallest absolute Gasteiger partial charge is 0.221 e. The number of carbonyl (C=O) groups excluding carboxylic acids is 1. The van der Waals surface area contributed by atoms with Crippen LogP contribution in [0.3, 0.4) is 0 Å². The van der Waals surface area contributed by atoms with E-state index in [9.17, 15) is 4.79 Å². The van der Waals surface area contributed by atoms with Crippen molar-refractivity contribution in [2.45, 2.75) is 25.7 Å². The van der Waals surface area contributed by atoms with E-state index in [0.29, 0.717) is 5.92 Å². The van der Waals surface area contributed by atoms with Crippen molar-refractivity contribution in [2.24, 2.45) is 11.7 Å². The van der Waals surface area contributed by atoms with E-state index in [0.717, 1.165) is 32.5 Å². The molecule has 98 valence electrons. The van der Waals surface area contributed by atoms with Crippen molar-refractivity contribution in [2.75, 3.05) is 19.6 Å². The summed E-state index contributed by atoms with van der Waals surface area (Å²) in [4.78, 5) is 13.6. The topological polar surface area (TPSA) is 46.3 Å². The number of benzene rings is 1. The molecule has 3 heteroatoms. The van der Waals surface area contributed by atoms with Crippen LogP contribution in [0.4, 0.5) is 0 Å². The minimum Gasteiger partial charge on any atom is -0.369 e. The molecule has 1 aliphatic rings. The Morgan fingerprint density at radius 3 is 2.83 bits per heavy atom. The number of piperidine rings is 1. The van der Waals surface area contributed by atoms with Crippen molar-refractivity contribution >= 4 is 5.91 Å². The van der Waals surface area contributed by atoms with Crippen molar-refractivity contribution in [3.05, 3.63) is 35.9 Å². The van der Waals surface area contributed by atoms with Crippen molar-refractivity contribution < 1.29 is 4.79 Å². The summed E-state index contributed by atoms with van der Waals surface area (Å²) in [5.74, 6) is 0.395. The van der Waals surface area contributed by atoms with Crippen LogP contribution in [0.1, 0.15) is 31.2 Å². The van der Waals surface area contributed by atoms with E-state index >= 15 is 0 Å². The predicted molar refractivity (Wildman–Crippen MR) is 73.2 cm³/mol. The molecule has 1 fully saturated rings. The number of hydrogen-bond acceptors (Lipinski definition) is 2. The van der Waals surface area contributed by atoms with Crippen LogP contribution in [0.25, 0.3) is 0 Å². The average molecular weight is 246 g/mol. The lowest BCUT2D eigenvalue weighted by Crippen LogP contribution is -2.42. The lowest BCUT2D eigenvalue weighted by atomic mass is 9.95. The number of carbonyl (C=O) groups is 1. The molecular formula is C15H22N2O. The predicted octanol–water partition coefficient (Wildman–Crippen LogP) is 1.99. The van der Waals surface area contributed by atoms with E-state index < -0.39 is 0 Å². The van der Waals surface area contributed by atoms with Crippen LogP contribution in [0.15, 0.2) is 30.3 Å². The monoisotopic (exact) mass is 246 g/mol. The van der Waals surface area contributed by atoms with E-state index in [1.54, 1.807) is 0 Å². The van der Waals surface area contributed by atoms with Crippen LogP contribution >= 0.6 is 0 Å². The second-order valence-corrected chi connectivity index (χ2v) is 5.31. The SMILES string of the molecule is C[C@H](CN1CCC[C@H](C(N)=O)C1)c1ccccc1. The van der Waals surface area contributed by atoms with Gasteiger partial charge < -0.3 is 10.6 Å². The van der Waals surface area contributed by atoms with Crippen LogP contribution in [0, 0.1) is 5.92 Å². The molecule has 3 nitrogen and oxygen atoms in total. The van der Waals surface area contributed by atoms with Crippen LogP contribution in [0.2, 0.25) is 0 Å². The summed E-state index contributed by atoms with van der Waals surface area (Å²) in [7, 11) is 0. The maximum atomic E-state index is 11.3. The summed E-state index contributed by atoms with van der Waals surface area (Å²) in [6.45, 7) is 5.16. The molecule has 1 amide bonds. The average Bonchev–Trinajstić information content (AvgIpc) is 2.40. The van der Waals surface area contributed by atoms with Gasteiger partial charge in [0.25, 0.3) is 0 Å². The second-order valence-electron chi connectivity index (χ2n) is 5.31. The molecule has 1 aliphatic heterocycles. The van der Waals surface area contributed by atoms with Crippen LogP contribution < -0.4 is 5.73 Å². The number of likely N-dealkylation sites (tertiary alicyclic amines) is 1. The fraction of sp³-hybridized carbons (Fsp3) is 0.533. The van der Waals surface area contributed by atoms with Gasteiger partial charge in [-0.2, -0.15) is 0 Å². The first-order valence-corrected chi connectivity index (χ1v) is 6.73. The number of nitrogens with zero attached hydrogens (tertiary/aromatic N) is 1. The Bertz CT molecular complexity index is 391. The molecule has 2 N–H and O–H groups in total. The Labute approximate surface area is 109 Å². The second kappa shape index (κ2) is 6.01. The Hall–Kier alpha value is -1.35. The summed E-state index contributed by atoms with van der Waals surface area (Å²) >= 11 is 0. The Balaban J connectivity index is 1.91. The van der Waals surface area contributed by atoms with Gasteiger partial charge in [0, 0.05) is 13.1 Å². The molecule has 0 spiro atoms. The van der Waals surface area contributed by atoms with Crippen LogP contribution in [0.5, 0.6) is 0 Å². The van der Waals surface area contributed by atoms with Crippen molar-refractivity contribution in [3.8, 4) is 0 Å². The van der Waals surface area contributed by atoms with Gasteiger partial charge in [0.15, 0.2) is 0 Å². The molecule has 0 aliphatic carbocycles. The van der Waals surface area contributed by atoms with E-state index in [1.165, 1.54) is 5.56 Å². The number of primary amides is 1. The highest BCUT2D eigenvalue weighted by Gasteiger charge is 2.24. The normalized spacial score (nSPS) is 22.6. The molecule has 0 saturated carbocycles. The quantitative estimate of drug-likeness (QED) is 0.883. The van der Waals surface area contributed by atoms with E-state index in [4.69, 9.17) is 5.73 Å². The largest absolute Gasteiger partial charge is 0.369 e. The summed E-state index contributed by atoms with van der Waals surface area (Å²) in [5, 5.41) is 0. The zero-order valence-electron chi connectivity index (χ0n) is 11.0. The summed E-state index contributed by atoms with van der Waals surface area (Å²) < 4.78 is 0. The maximum Gasteiger partial charge on any atom is 0.221 e. The molecular weight excluding hydrogens is 224 g/mol. The minimum absolute atomic E-state index is 0.0433. The minimum atomic E-state index is -0.146. The number of rotatable bonds is 4. The third-order valence-corrected chi connectivity index (χ3v) is 3.81. The van der Waals surface area contributed by atoms with Crippen molar-refractivity contribution in [1.82, 2.24) is 4.90 Å². The first-order chi connectivity index (χ1) is 8.66. The standard InChI is InChI=1S/C15H22N2O/c1-12(13-6-3-2-4-7-13)10-17-9-5-8-14(11-17)15(16)18/h2-4,6-7,12,14H,5,8-11H2,1H3,(H2,16,18)/t12-,14+/m1/s1. The summed E-state index contributed by atoms with van der Waals surface area (Å²) in [5.41, 5.74) is 6.77. The Morgan fingerprint density at radius 1 is 1.44 bits per heavy atom. The zero-order chi connectivity index (χ0) is 13.0. The molecule has 0 bridgehead atoms. The number of amides is 1. The first kappa shape index (κ1) is 13.1. The fourth-order valence-electron chi connectivity index (χ4n) is 2.73. The molecule has 0 aromatic heterocycles. The zero-order valence-corrected chi connectivity index (χ0v) is 11.0. The molecule has 18 heavy (non-hydrogen) atoms. The van der Waals surface area contributed by atoms with Crippen molar-refractivity contribution in [1.29, 1.82) is 0 Å². The number of hydrogen-bond donors (Lipinski definition) is 1. The summed E-state index contributed by atoms with van der Waals surface area (Å²) in [6.07, 6.45) is 2.03. The van der Waals surface area contributed by atoms with Gasteiger partial charge in [-0.05, 0) is 30.9 Å². The van der Waals surface area contributed by atoms with Gasteiger partial charge in [-0.1, -0.05) is 37.3 Å². The van der Waals surface area contributed by atoms with Gasteiger partial charge in [-0.3, -0.25) is 4.79 Å². The molecule has 1 saturated heterocycles. The molecule has 1 aromatic carbocycles. The van der Waals surface area contributed by atoms with Gasteiger partial charge in [0.05, 0.1) is 5.92 Å².